The molecular weight excluding hydrogens is 342 g/mol. The minimum Gasteiger partial charge on any atom is -0.309 e. The van der Waals surface area contributed by atoms with Crippen molar-refractivity contribution in [3.63, 3.8) is 0 Å². The summed E-state index contributed by atoms with van der Waals surface area (Å²) in [5.74, 6) is 1.24. The zero-order chi connectivity index (χ0) is 16.1. The molecule has 6 nitrogen and oxygen atoms in total. The Morgan fingerprint density at radius 1 is 1.29 bits per heavy atom. The summed E-state index contributed by atoms with van der Waals surface area (Å²) in [6.07, 6.45) is 5.15. The number of H-pyrrole nitrogens is 1. The Balaban J connectivity index is 1.48. The van der Waals surface area contributed by atoms with Crippen molar-refractivity contribution >= 4 is 39.0 Å². The molecule has 0 fully saturated rings. The van der Waals surface area contributed by atoms with Gasteiger partial charge in [0.15, 0.2) is 10.8 Å². The van der Waals surface area contributed by atoms with Crippen LogP contribution in [0, 0.1) is 0 Å². The molecule has 1 aliphatic carbocycles. The highest BCUT2D eigenvalue weighted by Crippen LogP contribution is 2.34. The lowest BCUT2D eigenvalue weighted by molar-refractivity contribution is 0.913. The molecule has 24 heavy (non-hydrogen) atoms. The first kappa shape index (κ1) is 14.2. The number of hydrogen-bond donors (Lipinski definition) is 1. The number of aromatic nitrogens is 5. The van der Waals surface area contributed by atoms with Crippen LogP contribution in [-0.4, -0.2) is 24.6 Å². The summed E-state index contributed by atoms with van der Waals surface area (Å²) in [7, 11) is 0. The maximum absolute atomic E-state index is 12.5. The first-order valence-corrected chi connectivity index (χ1v) is 9.56. The van der Waals surface area contributed by atoms with E-state index >= 15 is 0 Å². The smallest absolute Gasteiger partial charge is 0.259 e. The Morgan fingerprint density at radius 2 is 2.25 bits per heavy atom. The number of pyridine rings is 1. The largest absolute Gasteiger partial charge is 0.309 e. The van der Waals surface area contributed by atoms with Crippen LogP contribution in [0.5, 0.6) is 0 Å². The van der Waals surface area contributed by atoms with Gasteiger partial charge in [-0.05, 0) is 37.0 Å². The maximum atomic E-state index is 12.5. The molecule has 4 aromatic heterocycles. The zero-order valence-corrected chi connectivity index (χ0v) is 14.3. The van der Waals surface area contributed by atoms with E-state index in [1.54, 1.807) is 11.3 Å². The lowest BCUT2D eigenvalue weighted by Crippen LogP contribution is -2.11. The van der Waals surface area contributed by atoms with Crippen molar-refractivity contribution in [2.75, 3.05) is 0 Å². The number of aromatic amines is 1. The van der Waals surface area contributed by atoms with E-state index in [9.17, 15) is 4.79 Å². The highest BCUT2D eigenvalue weighted by Gasteiger charge is 2.21. The van der Waals surface area contributed by atoms with Crippen molar-refractivity contribution in [2.24, 2.45) is 0 Å². The van der Waals surface area contributed by atoms with Crippen LogP contribution in [0.3, 0.4) is 0 Å². The standard InChI is InChI=1S/C16H13N5OS2/c22-14-13-9-4-3-5-10(9)24-15(13)18-11(17-14)8-23-16-20-19-12-6-1-2-7-21(12)16/h1-2,6-7H,3-5,8H2,(H,17,18,22). The van der Waals surface area contributed by atoms with Crippen molar-refractivity contribution in [1.82, 2.24) is 24.6 Å². The van der Waals surface area contributed by atoms with Gasteiger partial charge in [-0.25, -0.2) is 4.98 Å². The summed E-state index contributed by atoms with van der Waals surface area (Å²) in [5, 5.41) is 9.92. The SMILES string of the molecule is O=c1[nH]c(CSc2nnc3ccccn23)nc2sc3c(c12)CCC3. The van der Waals surface area contributed by atoms with Crippen LogP contribution in [0.15, 0.2) is 34.3 Å². The van der Waals surface area contributed by atoms with Gasteiger partial charge in [0, 0.05) is 11.1 Å². The molecule has 5 rings (SSSR count). The summed E-state index contributed by atoms with van der Waals surface area (Å²) in [6, 6.07) is 5.79. The number of rotatable bonds is 3. The van der Waals surface area contributed by atoms with Crippen molar-refractivity contribution in [2.45, 2.75) is 30.2 Å². The zero-order valence-electron chi connectivity index (χ0n) is 12.7. The van der Waals surface area contributed by atoms with Gasteiger partial charge in [-0.2, -0.15) is 0 Å². The van der Waals surface area contributed by atoms with Crippen LogP contribution in [0.1, 0.15) is 22.7 Å². The molecule has 0 bridgehead atoms. The molecule has 120 valence electrons. The molecule has 0 saturated carbocycles. The quantitative estimate of drug-likeness (QED) is 0.572. The number of fused-ring (bicyclic) bond motifs is 4. The van der Waals surface area contributed by atoms with Crippen LogP contribution in [0.2, 0.25) is 0 Å². The number of aryl methyl sites for hydroxylation is 2. The number of thiophene rings is 1. The number of thioether (sulfide) groups is 1. The number of nitrogens with zero attached hydrogens (tertiary/aromatic N) is 4. The van der Waals surface area contributed by atoms with E-state index in [4.69, 9.17) is 0 Å². The summed E-state index contributed by atoms with van der Waals surface area (Å²) in [6.45, 7) is 0. The van der Waals surface area contributed by atoms with E-state index in [-0.39, 0.29) is 5.56 Å². The minimum atomic E-state index is -0.0129. The highest BCUT2D eigenvalue weighted by molar-refractivity contribution is 7.98. The number of hydrogen-bond acceptors (Lipinski definition) is 6. The van der Waals surface area contributed by atoms with Crippen molar-refractivity contribution < 1.29 is 0 Å². The second-order valence-electron chi connectivity index (χ2n) is 5.75. The van der Waals surface area contributed by atoms with E-state index in [0.717, 1.165) is 40.3 Å². The van der Waals surface area contributed by atoms with Crippen molar-refractivity contribution in [3.8, 4) is 0 Å². The van der Waals surface area contributed by atoms with E-state index in [2.05, 4.69) is 20.2 Å². The first-order valence-electron chi connectivity index (χ1n) is 7.75. The molecule has 0 spiro atoms. The molecule has 0 unspecified atom stereocenters. The van der Waals surface area contributed by atoms with Crippen LogP contribution in [-0.2, 0) is 18.6 Å². The van der Waals surface area contributed by atoms with E-state index in [1.807, 2.05) is 28.8 Å². The fourth-order valence-corrected chi connectivity index (χ4v) is 5.24. The van der Waals surface area contributed by atoms with Gasteiger partial charge in [0.1, 0.15) is 10.7 Å². The average Bonchev–Trinajstić information content (AvgIpc) is 3.26. The summed E-state index contributed by atoms with van der Waals surface area (Å²) < 4.78 is 1.93. The van der Waals surface area contributed by atoms with E-state index < -0.39 is 0 Å². The fourth-order valence-electron chi connectivity index (χ4n) is 3.17. The second-order valence-corrected chi connectivity index (χ2v) is 7.78. The molecule has 0 amide bonds. The monoisotopic (exact) mass is 355 g/mol. The topological polar surface area (TPSA) is 75.9 Å². The Hall–Kier alpha value is -2.19. The van der Waals surface area contributed by atoms with Gasteiger partial charge >= 0.3 is 0 Å². The van der Waals surface area contributed by atoms with Gasteiger partial charge in [-0.1, -0.05) is 17.8 Å². The Kier molecular flexibility index (Phi) is 3.20. The summed E-state index contributed by atoms with van der Waals surface area (Å²) in [5.41, 5.74) is 2.01. The highest BCUT2D eigenvalue weighted by atomic mass is 32.2. The normalized spacial score (nSPS) is 13.8. The van der Waals surface area contributed by atoms with Gasteiger partial charge in [0.25, 0.3) is 5.56 Å². The molecule has 0 aliphatic heterocycles. The molecule has 1 N–H and O–H groups in total. The Morgan fingerprint density at radius 3 is 3.21 bits per heavy atom. The van der Waals surface area contributed by atoms with Crippen LogP contribution in [0.25, 0.3) is 15.9 Å². The molecule has 0 aromatic carbocycles. The van der Waals surface area contributed by atoms with Gasteiger partial charge in [-0.3, -0.25) is 9.20 Å². The molecule has 8 heteroatoms. The third-order valence-electron chi connectivity index (χ3n) is 4.24. The van der Waals surface area contributed by atoms with Crippen LogP contribution in [0.4, 0.5) is 0 Å². The molecule has 4 aromatic rings. The van der Waals surface area contributed by atoms with Crippen LogP contribution < -0.4 is 5.56 Å². The van der Waals surface area contributed by atoms with Crippen molar-refractivity contribution in [3.05, 3.63) is 51.0 Å². The summed E-state index contributed by atoms with van der Waals surface area (Å²) in [4.78, 5) is 22.3. The second kappa shape index (κ2) is 5.42. The Bertz CT molecular complexity index is 1130. The van der Waals surface area contributed by atoms with E-state index in [0.29, 0.717) is 11.6 Å². The summed E-state index contributed by atoms with van der Waals surface area (Å²) >= 11 is 3.19. The van der Waals surface area contributed by atoms with Crippen LogP contribution >= 0.6 is 23.1 Å². The molecular formula is C16H13N5OS2. The van der Waals surface area contributed by atoms with Gasteiger partial charge in [0.05, 0.1) is 11.1 Å². The molecule has 0 saturated heterocycles. The van der Waals surface area contributed by atoms with Gasteiger partial charge in [0.2, 0.25) is 0 Å². The predicted molar refractivity (Wildman–Crippen MR) is 94.8 cm³/mol. The third-order valence-corrected chi connectivity index (χ3v) is 6.38. The van der Waals surface area contributed by atoms with E-state index in [1.165, 1.54) is 22.2 Å². The molecule has 0 radical (unpaired) electrons. The third kappa shape index (κ3) is 2.17. The maximum Gasteiger partial charge on any atom is 0.259 e. The van der Waals surface area contributed by atoms with Crippen molar-refractivity contribution in [1.29, 1.82) is 0 Å². The average molecular weight is 355 g/mol. The molecule has 1 aliphatic rings. The number of nitrogens with one attached hydrogen (secondary N) is 1. The molecule has 4 heterocycles. The Labute approximate surface area is 145 Å². The fraction of sp³-hybridized carbons (Fsp3) is 0.250. The van der Waals surface area contributed by atoms with Gasteiger partial charge in [-0.15, -0.1) is 21.5 Å². The molecule has 0 atom stereocenters. The van der Waals surface area contributed by atoms with Gasteiger partial charge < -0.3 is 4.98 Å². The predicted octanol–water partition coefficient (Wildman–Crippen LogP) is 2.81. The lowest BCUT2D eigenvalue weighted by atomic mass is 10.2. The minimum absolute atomic E-state index is 0.0129. The first-order chi connectivity index (χ1) is 11.8. The lowest BCUT2D eigenvalue weighted by Gasteiger charge is -2.01.